The van der Waals surface area contributed by atoms with Crippen molar-refractivity contribution in [2.24, 2.45) is 5.92 Å². The summed E-state index contributed by atoms with van der Waals surface area (Å²) in [7, 11) is 0. The highest BCUT2D eigenvalue weighted by molar-refractivity contribution is 5.86. The SMILES string of the molecule is C=CCCCCC(=O)OCC1(NC(=O)[C@H](CC=C)CC(=O)N[C@@H](CO)Cc2ccccc2)CCCC1. The molecule has 2 atom stereocenters. The lowest BCUT2D eigenvalue weighted by molar-refractivity contribution is -0.147. The standard InChI is InChI=1S/C29H42N2O5/c1-3-5-6-10-16-27(34)36-22-29(17-11-12-18-29)31-28(35)24(13-4-2)20-26(33)30-25(21-32)19-23-14-8-7-9-15-23/h3-4,7-9,14-15,24-25,32H,1-2,5-6,10-13,16-22H2,(H,30,33)(H,31,35)/t24-,25-/m1/s1. The van der Waals surface area contributed by atoms with E-state index in [4.69, 9.17) is 4.74 Å². The van der Waals surface area contributed by atoms with Gasteiger partial charge >= 0.3 is 5.97 Å². The molecule has 36 heavy (non-hydrogen) atoms. The van der Waals surface area contributed by atoms with E-state index < -0.39 is 17.5 Å². The first-order valence-corrected chi connectivity index (χ1v) is 13.0. The van der Waals surface area contributed by atoms with E-state index in [2.05, 4.69) is 23.8 Å². The van der Waals surface area contributed by atoms with Crippen LogP contribution in [0.3, 0.4) is 0 Å². The summed E-state index contributed by atoms with van der Waals surface area (Å²) >= 11 is 0. The summed E-state index contributed by atoms with van der Waals surface area (Å²) in [5.74, 6) is -1.38. The van der Waals surface area contributed by atoms with E-state index in [0.717, 1.165) is 50.5 Å². The number of amides is 2. The van der Waals surface area contributed by atoms with Crippen LogP contribution >= 0.6 is 0 Å². The molecule has 0 unspecified atom stereocenters. The van der Waals surface area contributed by atoms with Crippen molar-refractivity contribution in [3.8, 4) is 0 Å². The van der Waals surface area contributed by atoms with Crippen LogP contribution in [0.5, 0.6) is 0 Å². The third-order valence-corrected chi connectivity index (χ3v) is 6.66. The van der Waals surface area contributed by atoms with Gasteiger partial charge in [0.1, 0.15) is 6.61 Å². The third-order valence-electron chi connectivity index (χ3n) is 6.66. The molecule has 0 bridgehead atoms. The molecule has 1 fully saturated rings. The molecule has 1 aliphatic carbocycles. The Morgan fingerprint density at radius 3 is 2.44 bits per heavy atom. The number of nitrogens with one attached hydrogen (secondary N) is 2. The molecule has 7 nitrogen and oxygen atoms in total. The number of allylic oxidation sites excluding steroid dienone is 2. The van der Waals surface area contributed by atoms with Crippen molar-refractivity contribution in [2.75, 3.05) is 13.2 Å². The summed E-state index contributed by atoms with van der Waals surface area (Å²) in [6.45, 7) is 7.39. The van der Waals surface area contributed by atoms with Gasteiger partial charge in [-0.1, -0.05) is 55.3 Å². The van der Waals surface area contributed by atoms with Gasteiger partial charge in [0, 0.05) is 12.8 Å². The van der Waals surface area contributed by atoms with Gasteiger partial charge in [0.25, 0.3) is 0 Å². The van der Waals surface area contributed by atoms with E-state index in [1.165, 1.54) is 0 Å². The molecule has 1 aromatic rings. The summed E-state index contributed by atoms with van der Waals surface area (Å²) in [5.41, 5.74) is 0.417. The first-order valence-electron chi connectivity index (χ1n) is 13.0. The van der Waals surface area contributed by atoms with Crippen molar-refractivity contribution in [1.29, 1.82) is 0 Å². The Hall–Kier alpha value is -2.93. The van der Waals surface area contributed by atoms with Gasteiger partial charge in [-0.05, 0) is 50.5 Å². The predicted octanol–water partition coefficient (Wildman–Crippen LogP) is 4.01. The van der Waals surface area contributed by atoms with E-state index in [9.17, 15) is 19.5 Å². The molecule has 0 radical (unpaired) electrons. The number of carbonyl (C=O) groups excluding carboxylic acids is 3. The minimum absolute atomic E-state index is 0.0116. The fourth-order valence-electron chi connectivity index (χ4n) is 4.62. The van der Waals surface area contributed by atoms with Crippen molar-refractivity contribution in [3.63, 3.8) is 0 Å². The topological polar surface area (TPSA) is 105 Å². The van der Waals surface area contributed by atoms with E-state index in [-0.39, 0.29) is 37.4 Å². The molecule has 2 amide bonds. The summed E-state index contributed by atoms with van der Waals surface area (Å²) in [4.78, 5) is 38.2. The van der Waals surface area contributed by atoms with E-state index in [1.54, 1.807) is 6.08 Å². The number of carbonyl (C=O) groups is 3. The molecule has 0 spiro atoms. The molecule has 198 valence electrons. The fraction of sp³-hybridized carbons (Fsp3) is 0.552. The fourth-order valence-corrected chi connectivity index (χ4v) is 4.62. The first-order chi connectivity index (χ1) is 17.4. The Labute approximate surface area is 215 Å². The molecule has 0 aliphatic heterocycles. The largest absolute Gasteiger partial charge is 0.463 e. The van der Waals surface area contributed by atoms with Gasteiger partial charge in [0.05, 0.1) is 24.1 Å². The molecule has 0 aromatic heterocycles. The molecule has 1 aliphatic rings. The number of aliphatic hydroxyl groups is 1. The number of hydrogen-bond acceptors (Lipinski definition) is 5. The van der Waals surface area contributed by atoms with Crippen molar-refractivity contribution >= 4 is 17.8 Å². The number of benzene rings is 1. The minimum atomic E-state index is -0.593. The average molecular weight is 499 g/mol. The number of unbranched alkanes of at least 4 members (excludes halogenated alkanes) is 2. The molecular weight excluding hydrogens is 456 g/mol. The van der Waals surface area contributed by atoms with Gasteiger partial charge in [-0.2, -0.15) is 0 Å². The van der Waals surface area contributed by atoms with Gasteiger partial charge in [0.2, 0.25) is 11.8 Å². The van der Waals surface area contributed by atoms with Crippen molar-refractivity contribution in [2.45, 2.75) is 82.2 Å². The lowest BCUT2D eigenvalue weighted by Gasteiger charge is -2.31. The monoisotopic (exact) mass is 498 g/mol. The summed E-state index contributed by atoms with van der Waals surface area (Å²) in [6, 6.07) is 9.19. The smallest absolute Gasteiger partial charge is 0.305 e. The molecule has 3 N–H and O–H groups in total. The zero-order valence-electron chi connectivity index (χ0n) is 21.4. The van der Waals surface area contributed by atoms with Gasteiger partial charge in [0.15, 0.2) is 0 Å². The van der Waals surface area contributed by atoms with Crippen LogP contribution in [0.25, 0.3) is 0 Å². The Morgan fingerprint density at radius 2 is 1.81 bits per heavy atom. The maximum Gasteiger partial charge on any atom is 0.305 e. The van der Waals surface area contributed by atoms with Crippen LogP contribution in [0.1, 0.15) is 69.8 Å². The van der Waals surface area contributed by atoms with Crippen LogP contribution in [0.15, 0.2) is 55.6 Å². The molecule has 1 saturated carbocycles. The minimum Gasteiger partial charge on any atom is -0.463 e. The van der Waals surface area contributed by atoms with Crippen LogP contribution in [0.4, 0.5) is 0 Å². The van der Waals surface area contributed by atoms with E-state index >= 15 is 0 Å². The van der Waals surface area contributed by atoms with Gasteiger partial charge in [-0.15, -0.1) is 13.2 Å². The second-order valence-corrected chi connectivity index (χ2v) is 9.73. The van der Waals surface area contributed by atoms with Gasteiger partial charge < -0.3 is 20.5 Å². The van der Waals surface area contributed by atoms with Crippen LogP contribution in [-0.4, -0.2) is 47.7 Å². The third kappa shape index (κ3) is 10.4. The van der Waals surface area contributed by atoms with Crippen LogP contribution in [0, 0.1) is 5.92 Å². The zero-order chi connectivity index (χ0) is 26.2. The number of esters is 1. The highest BCUT2D eigenvalue weighted by atomic mass is 16.5. The number of hydrogen-bond donors (Lipinski definition) is 3. The van der Waals surface area contributed by atoms with Crippen LogP contribution in [0.2, 0.25) is 0 Å². The quantitative estimate of drug-likeness (QED) is 0.171. The summed E-state index contributed by atoms with van der Waals surface area (Å²) in [6.07, 6.45) is 10.5. The maximum absolute atomic E-state index is 13.2. The van der Waals surface area contributed by atoms with E-state index in [1.807, 2.05) is 36.4 Å². The Bertz CT molecular complexity index is 848. The van der Waals surface area contributed by atoms with Crippen molar-refractivity contribution in [3.05, 3.63) is 61.2 Å². The summed E-state index contributed by atoms with van der Waals surface area (Å²) in [5, 5.41) is 15.7. The second-order valence-electron chi connectivity index (χ2n) is 9.73. The molecule has 0 heterocycles. The molecular formula is C29H42N2O5. The van der Waals surface area contributed by atoms with Crippen molar-refractivity contribution in [1.82, 2.24) is 10.6 Å². The van der Waals surface area contributed by atoms with Crippen LogP contribution < -0.4 is 10.6 Å². The van der Waals surface area contributed by atoms with Crippen molar-refractivity contribution < 1.29 is 24.2 Å². The molecule has 7 heteroatoms. The van der Waals surface area contributed by atoms with E-state index in [0.29, 0.717) is 19.3 Å². The number of aliphatic hydroxyl groups excluding tert-OH is 1. The molecule has 2 rings (SSSR count). The first kappa shape index (κ1) is 29.3. The van der Waals surface area contributed by atoms with Gasteiger partial charge in [-0.3, -0.25) is 14.4 Å². The predicted molar refractivity (Wildman–Crippen MR) is 141 cm³/mol. The Morgan fingerprint density at radius 1 is 1.08 bits per heavy atom. The average Bonchev–Trinajstić information content (AvgIpc) is 3.34. The lowest BCUT2D eigenvalue weighted by Crippen LogP contribution is -2.52. The molecule has 1 aromatic carbocycles. The highest BCUT2D eigenvalue weighted by Gasteiger charge is 2.38. The second kappa shape index (κ2) is 15.9. The lowest BCUT2D eigenvalue weighted by atomic mass is 9.94. The Balaban J connectivity index is 1.91. The van der Waals surface area contributed by atoms with Gasteiger partial charge in [-0.25, -0.2) is 0 Å². The molecule has 0 saturated heterocycles. The Kier molecular flexibility index (Phi) is 13.0. The highest BCUT2D eigenvalue weighted by Crippen LogP contribution is 2.31. The number of rotatable bonds is 17. The van der Waals surface area contributed by atoms with Crippen LogP contribution in [-0.2, 0) is 25.5 Å². The number of ether oxygens (including phenoxy) is 1. The summed E-state index contributed by atoms with van der Waals surface area (Å²) < 4.78 is 5.55. The zero-order valence-corrected chi connectivity index (χ0v) is 21.4. The maximum atomic E-state index is 13.2. The normalized spacial score (nSPS) is 15.9.